The molecule has 0 aromatic carbocycles. The summed E-state index contributed by atoms with van der Waals surface area (Å²) in [5.41, 5.74) is 0. The fraction of sp³-hybridized carbons (Fsp3) is 0.500. The second-order valence-corrected chi connectivity index (χ2v) is 6.57. The maximum atomic E-state index is 12.0. The molecular weight excluding hydrogens is 292 g/mol. The van der Waals surface area contributed by atoms with Gasteiger partial charge in [0.2, 0.25) is 10.0 Å². The van der Waals surface area contributed by atoms with Crippen LogP contribution in [-0.2, 0) is 10.0 Å². The van der Waals surface area contributed by atoms with Gasteiger partial charge in [0.25, 0.3) is 0 Å². The summed E-state index contributed by atoms with van der Waals surface area (Å²) >= 11 is 3.21. The van der Waals surface area contributed by atoms with E-state index in [2.05, 4.69) is 25.6 Å². The van der Waals surface area contributed by atoms with E-state index < -0.39 is 10.0 Å². The Bertz CT molecular complexity index is 469. The summed E-state index contributed by atoms with van der Waals surface area (Å²) in [5.74, 6) is 0. The van der Waals surface area contributed by atoms with Crippen LogP contribution in [0, 0.1) is 0 Å². The third-order valence-corrected chi connectivity index (χ3v) is 4.59. The smallest absolute Gasteiger partial charge is 0.242 e. The summed E-state index contributed by atoms with van der Waals surface area (Å²) in [5, 5.41) is 0. The Balaban J connectivity index is 2.18. The molecule has 2 rings (SSSR count). The van der Waals surface area contributed by atoms with Crippen LogP contribution in [0.3, 0.4) is 0 Å². The van der Waals surface area contributed by atoms with Crippen LogP contribution < -0.4 is 4.72 Å². The van der Waals surface area contributed by atoms with Gasteiger partial charge >= 0.3 is 0 Å². The molecular formula is C10H13BrN2O2S. The van der Waals surface area contributed by atoms with Crippen molar-refractivity contribution in [2.24, 2.45) is 0 Å². The van der Waals surface area contributed by atoms with Crippen molar-refractivity contribution in [3.63, 3.8) is 0 Å². The first-order valence-corrected chi connectivity index (χ1v) is 7.48. The van der Waals surface area contributed by atoms with E-state index in [9.17, 15) is 8.42 Å². The topological polar surface area (TPSA) is 59.1 Å². The Morgan fingerprint density at radius 2 is 2.00 bits per heavy atom. The normalized spacial score (nSPS) is 17.8. The first kappa shape index (κ1) is 12.0. The van der Waals surface area contributed by atoms with Gasteiger partial charge in [0.15, 0.2) is 0 Å². The molecule has 0 atom stereocenters. The molecule has 1 aliphatic carbocycles. The maximum absolute atomic E-state index is 12.0. The van der Waals surface area contributed by atoms with Gasteiger partial charge in [-0.25, -0.2) is 13.1 Å². The standard InChI is InChI=1S/C10H13BrN2O2S/c11-8-5-10(7-12-6-8)16(14,15)13-9-3-1-2-4-9/h5-7,9,13H,1-4H2. The second-order valence-electron chi connectivity index (χ2n) is 3.94. The number of hydrogen-bond acceptors (Lipinski definition) is 3. The van der Waals surface area contributed by atoms with Crippen molar-refractivity contribution in [1.29, 1.82) is 0 Å². The van der Waals surface area contributed by atoms with Gasteiger partial charge in [0.1, 0.15) is 4.90 Å². The average molecular weight is 305 g/mol. The lowest BCUT2D eigenvalue weighted by molar-refractivity contribution is 0.552. The number of hydrogen-bond donors (Lipinski definition) is 1. The van der Waals surface area contributed by atoms with E-state index in [-0.39, 0.29) is 10.9 Å². The van der Waals surface area contributed by atoms with Gasteiger partial charge in [-0.15, -0.1) is 0 Å². The van der Waals surface area contributed by atoms with E-state index in [0.29, 0.717) is 4.47 Å². The maximum Gasteiger partial charge on any atom is 0.242 e. The molecule has 0 unspecified atom stereocenters. The summed E-state index contributed by atoms with van der Waals surface area (Å²) < 4.78 is 27.3. The van der Waals surface area contributed by atoms with E-state index in [1.165, 1.54) is 6.20 Å². The fourth-order valence-electron chi connectivity index (χ4n) is 1.87. The van der Waals surface area contributed by atoms with Gasteiger partial charge in [0.05, 0.1) is 0 Å². The van der Waals surface area contributed by atoms with Crippen molar-refractivity contribution < 1.29 is 8.42 Å². The van der Waals surface area contributed by atoms with Crippen LogP contribution in [0.1, 0.15) is 25.7 Å². The molecule has 0 saturated heterocycles. The fourth-order valence-corrected chi connectivity index (χ4v) is 3.68. The summed E-state index contributed by atoms with van der Waals surface area (Å²) in [7, 11) is -3.41. The van der Waals surface area contributed by atoms with Crippen molar-refractivity contribution >= 4 is 26.0 Å². The van der Waals surface area contributed by atoms with Crippen molar-refractivity contribution in [2.75, 3.05) is 0 Å². The lowest BCUT2D eigenvalue weighted by atomic mass is 10.3. The minimum absolute atomic E-state index is 0.0870. The van der Waals surface area contributed by atoms with Gasteiger partial charge in [-0.2, -0.15) is 0 Å². The largest absolute Gasteiger partial charge is 0.262 e. The first-order chi connectivity index (χ1) is 7.58. The number of halogens is 1. The zero-order valence-corrected chi connectivity index (χ0v) is 11.1. The third kappa shape index (κ3) is 2.81. The summed E-state index contributed by atoms with van der Waals surface area (Å²) in [6, 6.07) is 1.65. The highest BCUT2D eigenvalue weighted by molar-refractivity contribution is 9.10. The molecule has 1 aromatic rings. The molecule has 6 heteroatoms. The van der Waals surface area contributed by atoms with Crippen LogP contribution in [0.15, 0.2) is 27.8 Å². The van der Waals surface area contributed by atoms with Crippen molar-refractivity contribution in [2.45, 2.75) is 36.6 Å². The summed E-state index contributed by atoms with van der Waals surface area (Å²) in [6.07, 6.45) is 6.99. The van der Waals surface area contributed by atoms with E-state index in [0.717, 1.165) is 25.7 Å². The predicted octanol–water partition coefficient (Wildman–Crippen LogP) is 2.06. The van der Waals surface area contributed by atoms with Gasteiger partial charge in [-0.1, -0.05) is 12.8 Å². The Labute approximate surface area is 104 Å². The first-order valence-electron chi connectivity index (χ1n) is 5.21. The molecule has 4 nitrogen and oxygen atoms in total. The highest BCUT2D eigenvalue weighted by Crippen LogP contribution is 2.21. The Morgan fingerprint density at radius 3 is 2.62 bits per heavy atom. The van der Waals surface area contributed by atoms with Crippen molar-refractivity contribution in [3.8, 4) is 0 Å². The monoisotopic (exact) mass is 304 g/mol. The predicted molar refractivity (Wildman–Crippen MR) is 64.5 cm³/mol. The van der Waals surface area contributed by atoms with Crippen LogP contribution in [-0.4, -0.2) is 19.4 Å². The second kappa shape index (κ2) is 4.81. The highest BCUT2D eigenvalue weighted by atomic mass is 79.9. The van der Waals surface area contributed by atoms with E-state index >= 15 is 0 Å². The summed E-state index contributed by atoms with van der Waals surface area (Å²) in [4.78, 5) is 4.08. The zero-order chi connectivity index (χ0) is 11.6. The molecule has 16 heavy (non-hydrogen) atoms. The Morgan fingerprint density at radius 1 is 1.31 bits per heavy atom. The van der Waals surface area contributed by atoms with Gasteiger partial charge < -0.3 is 0 Å². The molecule has 0 amide bonds. The number of sulfonamides is 1. The lowest BCUT2D eigenvalue weighted by Gasteiger charge is -2.12. The molecule has 0 radical (unpaired) electrons. The average Bonchev–Trinajstić information content (AvgIpc) is 2.70. The molecule has 1 saturated carbocycles. The van der Waals surface area contributed by atoms with Gasteiger partial charge in [-0.3, -0.25) is 4.98 Å². The van der Waals surface area contributed by atoms with Crippen LogP contribution in [0.2, 0.25) is 0 Å². The van der Waals surface area contributed by atoms with Crippen LogP contribution in [0.4, 0.5) is 0 Å². The van der Waals surface area contributed by atoms with Crippen molar-refractivity contribution in [1.82, 2.24) is 9.71 Å². The molecule has 1 aromatic heterocycles. The molecule has 0 aliphatic heterocycles. The molecule has 1 fully saturated rings. The Kier molecular flexibility index (Phi) is 3.61. The number of pyridine rings is 1. The van der Waals surface area contributed by atoms with Gasteiger partial charge in [-0.05, 0) is 34.8 Å². The zero-order valence-electron chi connectivity index (χ0n) is 8.69. The van der Waals surface area contributed by atoms with E-state index in [4.69, 9.17) is 0 Å². The highest BCUT2D eigenvalue weighted by Gasteiger charge is 2.23. The number of aromatic nitrogens is 1. The van der Waals surface area contributed by atoms with Crippen LogP contribution >= 0.6 is 15.9 Å². The molecule has 1 N–H and O–H groups in total. The minimum atomic E-state index is -3.41. The van der Waals surface area contributed by atoms with Crippen LogP contribution in [0.25, 0.3) is 0 Å². The lowest BCUT2D eigenvalue weighted by Crippen LogP contribution is -2.32. The van der Waals surface area contributed by atoms with Crippen molar-refractivity contribution in [3.05, 3.63) is 22.9 Å². The molecule has 1 aliphatic rings. The third-order valence-electron chi connectivity index (χ3n) is 2.67. The van der Waals surface area contributed by atoms with Crippen LogP contribution in [0.5, 0.6) is 0 Å². The molecule has 0 spiro atoms. The summed E-state index contributed by atoms with van der Waals surface area (Å²) in [6.45, 7) is 0. The van der Waals surface area contributed by atoms with Gasteiger partial charge in [0, 0.05) is 22.9 Å². The molecule has 88 valence electrons. The SMILES string of the molecule is O=S(=O)(NC1CCCC1)c1cncc(Br)c1. The van der Waals surface area contributed by atoms with E-state index in [1.807, 2.05) is 0 Å². The number of nitrogens with one attached hydrogen (secondary N) is 1. The molecule has 1 heterocycles. The number of nitrogens with zero attached hydrogens (tertiary/aromatic N) is 1. The quantitative estimate of drug-likeness (QED) is 0.930. The minimum Gasteiger partial charge on any atom is -0.262 e. The van der Waals surface area contributed by atoms with E-state index in [1.54, 1.807) is 12.3 Å². The Hall–Kier alpha value is -0.460. The number of rotatable bonds is 3. The molecule has 0 bridgehead atoms.